The number of benzene rings is 3. The van der Waals surface area contributed by atoms with E-state index in [2.05, 4.69) is 0 Å². The Morgan fingerprint density at radius 3 is 2.12 bits per heavy atom. The van der Waals surface area contributed by atoms with Crippen LogP contribution in [0.2, 0.25) is 0 Å². The molecule has 0 N–H and O–H groups in total. The fourth-order valence-electron chi connectivity index (χ4n) is 4.11. The first-order chi connectivity index (χ1) is 15.5. The summed E-state index contributed by atoms with van der Waals surface area (Å²) >= 11 is 0. The zero-order valence-corrected chi connectivity index (χ0v) is 18.7. The molecule has 0 amide bonds. The summed E-state index contributed by atoms with van der Waals surface area (Å²) in [7, 11) is -2.14. The average molecular weight is 446 g/mol. The normalized spacial score (nSPS) is 16.6. The van der Waals surface area contributed by atoms with Crippen molar-refractivity contribution in [3.05, 3.63) is 95.3 Å². The minimum atomic E-state index is -3.75. The van der Waals surface area contributed by atoms with E-state index in [1.54, 1.807) is 23.5 Å². The largest absolute Gasteiger partial charge is 0.497 e. The molecular weight excluding hydrogens is 422 g/mol. The quantitative estimate of drug-likeness (QED) is 0.465. The SMILES string of the molecule is COc1ccc(C2Cc3nc4ccccc4nc3CN2S(=O)(=O)c2ccc(C)cc2)cc1. The highest BCUT2D eigenvalue weighted by Gasteiger charge is 2.38. The smallest absolute Gasteiger partial charge is 0.244 e. The Hall–Kier alpha value is -3.29. The summed E-state index contributed by atoms with van der Waals surface area (Å²) < 4.78 is 34.3. The number of aryl methyl sites for hydroxylation is 1. The number of nitrogens with zero attached hydrogens (tertiary/aromatic N) is 3. The van der Waals surface area contributed by atoms with Crippen molar-refractivity contribution in [3.63, 3.8) is 0 Å². The molecule has 0 radical (unpaired) electrons. The highest BCUT2D eigenvalue weighted by molar-refractivity contribution is 7.89. The average Bonchev–Trinajstić information content (AvgIpc) is 2.82. The van der Waals surface area contributed by atoms with E-state index in [1.165, 1.54) is 0 Å². The highest BCUT2D eigenvalue weighted by atomic mass is 32.2. The van der Waals surface area contributed by atoms with Gasteiger partial charge >= 0.3 is 0 Å². The zero-order chi connectivity index (χ0) is 22.3. The summed E-state index contributed by atoms with van der Waals surface area (Å²) in [5.41, 5.74) is 5.01. The van der Waals surface area contributed by atoms with Crippen LogP contribution in [0.15, 0.2) is 77.7 Å². The van der Waals surface area contributed by atoms with Gasteiger partial charge in [-0.3, -0.25) is 0 Å². The maximum absolute atomic E-state index is 13.7. The van der Waals surface area contributed by atoms with Crippen LogP contribution in [0.1, 0.15) is 28.6 Å². The van der Waals surface area contributed by atoms with Gasteiger partial charge in [0.25, 0.3) is 0 Å². The van der Waals surface area contributed by atoms with Crippen LogP contribution in [-0.2, 0) is 23.0 Å². The van der Waals surface area contributed by atoms with Gasteiger partial charge < -0.3 is 4.74 Å². The molecule has 7 heteroatoms. The fraction of sp³-hybridized carbons (Fsp3) is 0.200. The molecule has 4 aromatic rings. The Labute approximate surface area is 187 Å². The summed E-state index contributed by atoms with van der Waals surface area (Å²) in [6.45, 7) is 2.11. The van der Waals surface area contributed by atoms with Gasteiger partial charge in [0.1, 0.15) is 5.75 Å². The number of rotatable bonds is 4. The summed E-state index contributed by atoms with van der Waals surface area (Å²) in [5.74, 6) is 0.726. The Balaban J connectivity index is 1.64. The summed E-state index contributed by atoms with van der Waals surface area (Å²) in [5, 5.41) is 0. The summed E-state index contributed by atoms with van der Waals surface area (Å²) in [6.07, 6.45) is 0.449. The van der Waals surface area contributed by atoms with Crippen LogP contribution in [0.25, 0.3) is 11.0 Å². The fourth-order valence-corrected chi connectivity index (χ4v) is 5.69. The van der Waals surface area contributed by atoms with Gasteiger partial charge in [-0.05, 0) is 48.9 Å². The third-order valence-corrected chi connectivity index (χ3v) is 7.76. The topological polar surface area (TPSA) is 72.4 Å². The lowest BCUT2D eigenvalue weighted by Gasteiger charge is -2.35. The monoisotopic (exact) mass is 445 g/mol. The van der Waals surface area contributed by atoms with Crippen molar-refractivity contribution in [1.29, 1.82) is 0 Å². The van der Waals surface area contributed by atoms with Crippen LogP contribution in [0.4, 0.5) is 0 Å². The zero-order valence-electron chi connectivity index (χ0n) is 17.9. The van der Waals surface area contributed by atoms with Gasteiger partial charge in [-0.2, -0.15) is 4.31 Å². The number of hydrogen-bond donors (Lipinski definition) is 0. The van der Waals surface area contributed by atoms with E-state index in [1.807, 2.05) is 67.6 Å². The van der Waals surface area contributed by atoms with Crippen LogP contribution < -0.4 is 4.74 Å². The van der Waals surface area contributed by atoms with Gasteiger partial charge in [0.05, 0.1) is 47.0 Å². The predicted octanol–water partition coefficient (Wildman–Crippen LogP) is 4.44. The molecule has 3 aromatic carbocycles. The second-order valence-corrected chi connectivity index (χ2v) is 9.85. The number of ether oxygens (including phenoxy) is 1. The van der Waals surface area contributed by atoms with Crippen molar-refractivity contribution in [2.24, 2.45) is 0 Å². The van der Waals surface area contributed by atoms with Crippen molar-refractivity contribution >= 4 is 21.1 Å². The minimum absolute atomic E-state index is 0.167. The number of fused-ring (bicyclic) bond motifs is 2. The second-order valence-electron chi connectivity index (χ2n) is 7.96. The van der Waals surface area contributed by atoms with Crippen molar-refractivity contribution < 1.29 is 13.2 Å². The molecule has 0 saturated carbocycles. The van der Waals surface area contributed by atoms with Gasteiger partial charge in [0.2, 0.25) is 10.0 Å². The third kappa shape index (κ3) is 3.63. The maximum atomic E-state index is 13.7. The molecule has 1 unspecified atom stereocenters. The third-order valence-electron chi connectivity index (χ3n) is 5.89. The molecule has 1 aliphatic rings. The molecule has 1 atom stereocenters. The van der Waals surface area contributed by atoms with Gasteiger partial charge in [-0.1, -0.05) is 42.0 Å². The van der Waals surface area contributed by atoms with Gasteiger partial charge in [-0.15, -0.1) is 0 Å². The summed E-state index contributed by atoms with van der Waals surface area (Å²) in [4.78, 5) is 9.85. The Morgan fingerprint density at radius 2 is 1.50 bits per heavy atom. The number of para-hydroxylation sites is 2. The van der Waals surface area contributed by atoms with Crippen molar-refractivity contribution in [3.8, 4) is 5.75 Å². The van der Waals surface area contributed by atoms with Crippen molar-refractivity contribution in [2.75, 3.05) is 7.11 Å². The van der Waals surface area contributed by atoms with Crippen LogP contribution in [0.3, 0.4) is 0 Å². The van der Waals surface area contributed by atoms with Crippen LogP contribution in [0, 0.1) is 6.92 Å². The Morgan fingerprint density at radius 1 is 0.875 bits per heavy atom. The van der Waals surface area contributed by atoms with E-state index in [4.69, 9.17) is 14.7 Å². The van der Waals surface area contributed by atoms with E-state index in [0.717, 1.165) is 33.6 Å². The van der Waals surface area contributed by atoms with E-state index in [-0.39, 0.29) is 11.4 Å². The van der Waals surface area contributed by atoms with E-state index in [9.17, 15) is 8.42 Å². The Bertz CT molecular complexity index is 1380. The summed E-state index contributed by atoms with van der Waals surface area (Å²) in [6, 6.07) is 21.8. The Kier molecular flexibility index (Phi) is 5.15. The standard InChI is InChI=1S/C25H23N3O3S/c1-17-7-13-20(14-8-17)32(29,30)28-16-24-23(26-21-5-3-4-6-22(21)27-24)15-25(28)18-9-11-19(31-2)12-10-18/h3-14,25H,15-16H2,1-2H3. The first-order valence-corrected chi connectivity index (χ1v) is 11.9. The van der Waals surface area contributed by atoms with Gasteiger partial charge in [0.15, 0.2) is 0 Å². The maximum Gasteiger partial charge on any atom is 0.244 e. The molecule has 0 fully saturated rings. The van der Waals surface area contributed by atoms with E-state index in [0.29, 0.717) is 12.1 Å². The first-order valence-electron chi connectivity index (χ1n) is 10.4. The van der Waals surface area contributed by atoms with Crippen molar-refractivity contribution in [2.45, 2.75) is 30.8 Å². The molecule has 0 saturated heterocycles. The molecule has 162 valence electrons. The molecule has 5 rings (SSSR count). The molecule has 2 heterocycles. The molecule has 1 aliphatic heterocycles. The van der Waals surface area contributed by atoms with Crippen LogP contribution in [0.5, 0.6) is 5.75 Å². The first kappa shape index (κ1) is 20.6. The highest BCUT2D eigenvalue weighted by Crippen LogP contribution is 2.37. The number of sulfonamides is 1. The second kappa shape index (κ2) is 8.00. The molecular formula is C25H23N3O3S. The van der Waals surface area contributed by atoms with Gasteiger partial charge in [0, 0.05) is 6.42 Å². The lowest BCUT2D eigenvalue weighted by molar-refractivity contribution is 0.289. The molecule has 0 bridgehead atoms. The van der Waals surface area contributed by atoms with Crippen LogP contribution in [-0.4, -0.2) is 29.8 Å². The van der Waals surface area contributed by atoms with Gasteiger partial charge in [-0.25, -0.2) is 18.4 Å². The lowest BCUT2D eigenvalue weighted by atomic mass is 9.97. The number of methoxy groups -OCH3 is 1. The predicted molar refractivity (Wildman–Crippen MR) is 123 cm³/mol. The van der Waals surface area contributed by atoms with E-state index >= 15 is 0 Å². The van der Waals surface area contributed by atoms with E-state index < -0.39 is 16.1 Å². The molecule has 0 aliphatic carbocycles. The van der Waals surface area contributed by atoms with Crippen molar-refractivity contribution in [1.82, 2.24) is 14.3 Å². The molecule has 32 heavy (non-hydrogen) atoms. The molecule has 1 aromatic heterocycles. The lowest BCUT2D eigenvalue weighted by Crippen LogP contribution is -2.39. The minimum Gasteiger partial charge on any atom is -0.497 e. The molecule has 6 nitrogen and oxygen atoms in total. The number of aromatic nitrogens is 2. The van der Waals surface area contributed by atoms with Crippen LogP contribution >= 0.6 is 0 Å². The molecule has 0 spiro atoms. The number of hydrogen-bond acceptors (Lipinski definition) is 5.